The number of carbonyl (C=O) groups excluding carboxylic acids is 1. The molecule has 2 heterocycles. The van der Waals surface area contributed by atoms with Crippen molar-refractivity contribution in [3.63, 3.8) is 0 Å². The van der Waals surface area contributed by atoms with E-state index in [2.05, 4.69) is 16.0 Å². The first kappa shape index (κ1) is 12.9. The van der Waals surface area contributed by atoms with Crippen LogP contribution in [0.1, 0.15) is 39.8 Å². The van der Waals surface area contributed by atoms with Crippen LogP contribution in [0.15, 0.2) is 36.7 Å². The molecule has 0 bridgehead atoms. The van der Waals surface area contributed by atoms with E-state index in [0.29, 0.717) is 13.0 Å². The molecule has 4 heteroatoms. The molecule has 0 N–H and O–H groups in total. The van der Waals surface area contributed by atoms with Gasteiger partial charge in [-0.05, 0) is 30.0 Å². The number of carbonyl (C=O) groups is 1. The first-order valence-electron chi connectivity index (χ1n) is 6.75. The minimum Gasteiger partial charge on any atom is -0.373 e. The Hall–Kier alpha value is -2.07. The third kappa shape index (κ3) is 2.60. The van der Waals surface area contributed by atoms with Gasteiger partial charge in [0.1, 0.15) is 0 Å². The molecule has 1 atom stereocenters. The van der Waals surface area contributed by atoms with E-state index in [-0.39, 0.29) is 17.7 Å². The molecule has 0 fully saturated rings. The van der Waals surface area contributed by atoms with Gasteiger partial charge in [0.25, 0.3) is 0 Å². The molecule has 2 aromatic rings. The average Bonchev–Trinajstić information content (AvgIpc) is 2.48. The zero-order chi connectivity index (χ0) is 13.9. The van der Waals surface area contributed by atoms with Crippen LogP contribution in [0.5, 0.6) is 0 Å². The summed E-state index contributed by atoms with van der Waals surface area (Å²) in [4.78, 5) is 20.4. The van der Waals surface area contributed by atoms with Gasteiger partial charge in [-0.3, -0.25) is 4.79 Å². The summed E-state index contributed by atoms with van der Waals surface area (Å²) in [6, 6.07) is 8.12. The van der Waals surface area contributed by atoms with E-state index in [9.17, 15) is 4.79 Å². The van der Waals surface area contributed by atoms with E-state index in [1.807, 2.05) is 25.1 Å². The molecule has 4 nitrogen and oxygen atoms in total. The van der Waals surface area contributed by atoms with E-state index in [1.54, 1.807) is 12.4 Å². The second kappa shape index (κ2) is 5.51. The molecular formula is C16H16N2O2. The summed E-state index contributed by atoms with van der Waals surface area (Å²) in [6.45, 7) is 2.55. The van der Waals surface area contributed by atoms with Crippen molar-refractivity contribution in [2.45, 2.75) is 25.9 Å². The van der Waals surface area contributed by atoms with Crippen molar-refractivity contribution in [3.8, 4) is 0 Å². The summed E-state index contributed by atoms with van der Waals surface area (Å²) in [5.41, 5.74) is 3.32. The first-order valence-corrected chi connectivity index (χ1v) is 6.75. The number of ketones is 1. The molecule has 1 unspecified atom stereocenters. The van der Waals surface area contributed by atoms with Crippen molar-refractivity contribution in [1.29, 1.82) is 0 Å². The van der Waals surface area contributed by atoms with Gasteiger partial charge in [-0.15, -0.1) is 0 Å². The van der Waals surface area contributed by atoms with Gasteiger partial charge in [0.15, 0.2) is 5.82 Å². The second-order valence-corrected chi connectivity index (χ2v) is 5.02. The first-order chi connectivity index (χ1) is 9.74. The molecule has 20 heavy (non-hydrogen) atoms. The van der Waals surface area contributed by atoms with Gasteiger partial charge < -0.3 is 4.74 Å². The highest BCUT2D eigenvalue weighted by atomic mass is 16.5. The van der Waals surface area contributed by atoms with E-state index in [0.717, 1.165) is 17.5 Å². The molecular weight excluding hydrogens is 252 g/mol. The second-order valence-electron chi connectivity index (χ2n) is 5.02. The van der Waals surface area contributed by atoms with Gasteiger partial charge in [0, 0.05) is 18.8 Å². The van der Waals surface area contributed by atoms with E-state index in [4.69, 9.17) is 4.74 Å². The maximum absolute atomic E-state index is 12.2. The Balaban J connectivity index is 1.79. The molecule has 0 amide bonds. The molecule has 1 aliphatic heterocycles. The van der Waals surface area contributed by atoms with Crippen LogP contribution in [-0.4, -0.2) is 22.4 Å². The summed E-state index contributed by atoms with van der Waals surface area (Å²) in [7, 11) is 0. The average molecular weight is 268 g/mol. The Morgan fingerprint density at radius 1 is 1.30 bits per heavy atom. The number of hydrogen-bond donors (Lipinski definition) is 0. The third-order valence-corrected chi connectivity index (χ3v) is 3.49. The highest BCUT2D eigenvalue weighted by Gasteiger charge is 2.24. The van der Waals surface area contributed by atoms with Crippen LogP contribution < -0.4 is 0 Å². The van der Waals surface area contributed by atoms with Gasteiger partial charge in [0.05, 0.1) is 12.7 Å². The summed E-state index contributed by atoms with van der Waals surface area (Å²) in [5, 5.41) is 0. The number of nitrogens with zero attached hydrogens (tertiary/aromatic N) is 2. The molecule has 1 aromatic heterocycles. The lowest BCUT2D eigenvalue weighted by Crippen LogP contribution is -2.20. The van der Waals surface area contributed by atoms with Crippen molar-refractivity contribution in [2.75, 3.05) is 6.61 Å². The van der Waals surface area contributed by atoms with Crippen LogP contribution in [-0.2, 0) is 11.2 Å². The summed E-state index contributed by atoms with van der Waals surface area (Å²) >= 11 is 0. The summed E-state index contributed by atoms with van der Waals surface area (Å²) in [5.74, 6) is 0.189. The van der Waals surface area contributed by atoms with Gasteiger partial charge in [0.2, 0.25) is 5.78 Å². The predicted octanol–water partition coefficient (Wildman–Crippen LogP) is 2.67. The van der Waals surface area contributed by atoms with Crippen LogP contribution in [0.4, 0.5) is 0 Å². The van der Waals surface area contributed by atoms with Crippen molar-refractivity contribution < 1.29 is 9.53 Å². The van der Waals surface area contributed by atoms with Gasteiger partial charge in [-0.25, -0.2) is 9.97 Å². The molecule has 1 aliphatic rings. The quantitative estimate of drug-likeness (QED) is 0.803. The number of fused-ring (bicyclic) bond motifs is 1. The standard InChI is InChI=1S/C16H16N2O2/c1-11-9-17-16(18-10-11)14(19)8-15-13-5-3-2-4-12(13)6-7-20-15/h2-5,9-10,15H,6-8H2,1H3. The van der Waals surface area contributed by atoms with Crippen LogP contribution in [0.3, 0.4) is 0 Å². The maximum Gasteiger partial charge on any atom is 0.202 e. The number of benzene rings is 1. The lowest BCUT2D eigenvalue weighted by Gasteiger charge is -2.25. The molecule has 0 aliphatic carbocycles. The van der Waals surface area contributed by atoms with Crippen molar-refractivity contribution in [1.82, 2.24) is 9.97 Å². The van der Waals surface area contributed by atoms with Crippen molar-refractivity contribution in [2.24, 2.45) is 0 Å². The maximum atomic E-state index is 12.2. The number of rotatable bonds is 3. The molecule has 0 radical (unpaired) electrons. The molecule has 0 saturated carbocycles. The Morgan fingerprint density at radius 2 is 2.05 bits per heavy atom. The summed E-state index contributed by atoms with van der Waals surface area (Å²) in [6.07, 6.45) is 4.34. The SMILES string of the molecule is Cc1cnc(C(=O)CC2OCCc3ccccc32)nc1. The van der Waals surface area contributed by atoms with Gasteiger partial charge in [-0.1, -0.05) is 24.3 Å². The highest BCUT2D eigenvalue weighted by molar-refractivity contribution is 5.92. The zero-order valence-electron chi connectivity index (χ0n) is 11.4. The minimum absolute atomic E-state index is 0.0771. The van der Waals surface area contributed by atoms with Gasteiger partial charge in [-0.2, -0.15) is 0 Å². The minimum atomic E-state index is -0.183. The Bertz CT molecular complexity index is 623. The lowest BCUT2D eigenvalue weighted by molar-refractivity contribution is 0.0348. The monoisotopic (exact) mass is 268 g/mol. The topological polar surface area (TPSA) is 52.1 Å². The number of aromatic nitrogens is 2. The Labute approximate surface area is 117 Å². The van der Waals surface area contributed by atoms with Gasteiger partial charge >= 0.3 is 0 Å². The normalized spacial score (nSPS) is 17.6. The fraction of sp³-hybridized carbons (Fsp3) is 0.312. The van der Waals surface area contributed by atoms with Crippen LogP contribution in [0, 0.1) is 6.92 Å². The zero-order valence-corrected chi connectivity index (χ0v) is 11.4. The molecule has 102 valence electrons. The number of ether oxygens (including phenoxy) is 1. The van der Waals surface area contributed by atoms with Crippen molar-refractivity contribution >= 4 is 5.78 Å². The number of aryl methyl sites for hydroxylation is 1. The van der Waals surface area contributed by atoms with Crippen LogP contribution in [0.2, 0.25) is 0 Å². The predicted molar refractivity (Wildman–Crippen MR) is 74.6 cm³/mol. The van der Waals surface area contributed by atoms with E-state index < -0.39 is 0 Å². The van der Waals surface area contributed by atoms with Crippen molar-refractivity contribution in [3.05, 3.63) is 59.2 Å². The lowest BCUT2D eigenvalue weighted by atomic mass is 9.94. The fourth-order valence-corrected chi connectivity index (χ4v) is 2.44. The largest absolute Gasteiger partial charge is 0.373 e. The number of hydrogen-bond acceptors (Lipinski definition) is 4. The Morgan fingerprint density at radius 3 is 2.85 bits per heavy atom. The summed E-state index contributed by atoms with van der Waals surface area (Å²) < 4.78 is 5.74. The fourth-order valence-electron chi connectivity index (χ4n) is 2.44. The molecule has 1 aromatic carbocycles. The molecule has 0 saturated heterocycles. The van der Waals surface area contributed by atoms with E-state index >= 15 is 0 Å². The highest BCUT2D eigenvalue weighted by Crippen LogP contribution is 2.30. The Kier molecular flexibility index (Phi) is 3.56. The number of Topliss-reactive ketones (excluding diaryl/α,β-unsaturated/α-hetero) is 1. The smallest absolute Gasteiger partial charge is 0.202 e. The van der Waals surface area contributed by atoms with E-state index in [1.165, 1.54) is 5.56 Å². The van der Waals surface area contributed by atoms with Crippen LogP contribution in [0.25, 0.3) is 0 Å². The molecule has 0 spiro atoms. The molecule has 3 rings (SSSR count). The van der Waals surface area contributed by atoms with Crippen LogP contribution >= 0.6 is 0 Å². The third-order valence-electron chi connectivity index (χ3n) is 3.49.